The normalized spacial score (nSPS) is 23.1. The highest BCUT2D eigenvalue weighted by atomic mass is 16.5. The van der Waals surface area contributed by atoms with Gasteiger partial charge in [-0.05, 0) is 36.1 Å². The number of methoxy groups -OCH3 is 1. The Labute approximate surface area is 130 Å². The molecule has 5 heteroatoms. The van der Waals surface area contributed by atoms with E-state index in [2.05, 4.69) is 5.32 Å². The molecule has 1 spiro atoms. The Morgan fingerprint density at radius 3 is 2.91 bits per heavy atom. The van der Waals surface area contributed by atoms with Crippen LogP contribution < -0.4 is 10.1 Å². The molecule has 0 aromatic heterocycles. The molecule has 2 heterocycles. The standard InChI is InChI=1S/C17H22N2O3/c1-11(2)8-15(20)19-7-6-17(10-19)13-9-12(22-3)4-5-14(13)18-16(17)21/h4-5,9,11H,6-8,10H2,1-3H3,(H,18,21). The van der Waals surface area contributed by atoms with Crippen molar-refractivity contribution in [3.05, 3.63) is 23.8 Å². The van der Waals surface area contributed by atoms with Gasteiger partial charge in [-0.3, -0.25) is 9.59 Å². The van der Waals surface area contributed by atoms with Crippen molar-refractivity contribution in [3.63, 3.8) is 0 Å². The molecule has 0 bridgehead atoms. The summed E-state index contributed by atoms with van der Waals surface area (Å²) in [6, 6.07) is 5.64. The van der Waals surface area contributed by atoms with Gasteiger partial charge < -0.3 is 15.0 Å². The van der Waals surface area contributed by atoms with Crippen LogP contribution in [-0.2, 0) is 15.0 Å². The molecule has 1 aromatic carbocycles. The number of anilines is 1. The second kappa shape index (κ2) is 5.30. The van der Waals surface area contributed by atoms with Gasteiger partial charge in [0.25, 0.3) is 0 Å². The molecule has 0 aliphatic carbocycles. The van der Waals surface area contributed by atoms with Crippen LogP contribution in [0.2, 0.25) is 0 Å². The molecule has 2 aliphatic heterocycles. The van der Waals surface area contributed by atoms with Crippen molar-refractivity contribution >= 4 is 17.5 Å². The number of likely N-dealkylation sites (tertiary alicyclic amines) is 1. The fourth-order valence-corrected chi connectivity index (χ4v) is 3.43. The van der Waals surface area contributed by atoms with E-state index in [1.165, 1.54) is 0 Å². The smallest absolute Gasteiger partial charge is 0.237 e. The van der Waals surface area contributed by atoms with Gasteiger partial charge in [0.05, 0.1) is 12.5 Å². The molecule has 1 fully saturated rings. The lowest BCUT2D eigenvalue weighted by Gasteiger charge is -2.23. The quantitative estimate of drug-likeness (QED) is 0.931. The average molecular weight is 302 g/mol. The van der Waals surface area contributed by atoms with Crippen LogP contribution in [0.25, 0.3) is 0 Å². The number of hydrogen-bond donors (Lipinski definition) is 1. The zero-order valence-electron chi connectivity index (χ0n) is 13.3. The third-order valence-corrected chi connectivity index (χ3v) is 4.63. The maximum absolute atomic E-state index is 12.6. The number of hydrogen-bond acceptors (Lipinski definition) is 3. The predicted molar refractivity (Wildman–Crippen MR) is 84.0 cm³/mol. The first-order valence-electron chi connectivity index (χ1n) is 7.74. The maximum Gasteiger partial charge on any atom is 0.237 e. The summed E-state index contributed by atoms with van der Waals surface area (Å²) in [6.45, 7) is 5.17. The van der Waals surface area contributed by atoms with E-state index in [1.807, 2.05) is 36.9 Å². The van der Waals surface area contributed by atoms with Crippen LogP contribution >= 0.6 is 0 Å². The van der Waals surface area contributed by atoms with Gasteiger partial charge in [-0.15, -0.1) is 0 Å². The number of carbonyl (C=O) groups excluding carboxylic acids is 2. The van der Waals surface area contributed by atoms with Crippen molar-refractivity contribution in [3.8, 4) is 5.75 Å². The monoisotopic (exact) mass is 302 g/mol. The number of benzene rings is 1. The van der Waals surface area contributed by atoms with Crippen LogP contribution in [0.5, 0.6) is 5.75 Å². The Hall–Kier alpha value is -2.04. The van der Waals surface area contributed by atoms with Crippen molar-refractivity contribution in [1.29, 1.82) is 0 Å². The fraction of sp³-hybridized carbons (Fsp3) is 0.529. The van der Waals surface area contributed by atoms with E-state index in [9.17, 15) is 9.59 Å². The van der Waals surface area contributed by atoms with Crippen molar-refractivity contribution < 1.29 is 14.3 Å². The minimum absolute atomic E-state index is 0.00407. The molecule has 1 unspecified atom stereocenters. The number of nitrogens with zero attached hydrogens (tertiary/aromatic N) is 1. The van der Waals surface area contributed by atoms with Gasteiger partial charge in [-0.25, -0.2) is 0 Å². The summed E-state index contributed by atoms with van der Waals surface area (Å²) in [4.78, 5) is 26.7. The second-order valence-corrected chi connectivity index (χ2v) is 6.61. The number of fused-ring (bicyclic) bond motifs is 2. The van der Waals surface area contributed by atoms with E-state index in [1.54, 1.807) is 7.11 Å². The zero-order chi connectivity index (χ0) is 15.9. The van der Waals surface area contributed by atoms with Crippen LogP contribution in [0, 0.1) is 5.92 Å². The molecule has 1 aromatic rings. The Morgan fingerprint density at radius 2 is 2.23 bits per heavy atom. The van der Waals surface area contributed by atoms with Crippen molar-refractivity contribution in [2.75, 3.05) is 25.5 Å². The van der Waals surface area contributed by atoms with Gasteiger partial charge in [0.2, 0.25) is 11.8 Å². The molecular weight excluding hydrogens is 280 g/mol. The van der Waals surface area contributed by atoms with Gasteiger partial charge in [-0.2, -0.15) is 0 Å². The minimum Gasteiger partial charge on any atom is -0.497 e. The van der Waals surface area contributed by atoms with E-state index < -0.39 is 5.41 Å². The Morgan fingerprint density at radius 1 is 1.45 bits per heavy atom. The van der Waals surface area contributed by atoms with Crippen molar-refractivity contribution in [2.24, 2.45) is 5.92 Å². The summed E-state index contributed by atoms with van der Waals surface area (Å²) in [5, 5.41) is 2.95. The van der Waals surface area contributed by atoms with Gasteiger partial charge in [0, 0.05) is 25.2 Å². The summed E-state index contributed by atoms with van der Waals surface area (Å²) >= 11 is 0. The molecule has 1 saturated heterocycles. The Balaban J connectivity index is 1.89. The predicted octanol–water partition coefficient (Wildman–Crippen LogP) is 2.16. The molecule has 0 saturated carbocycles. The summed E-state index contributed by atoms with van der Waals surface area (Å²) in [6.07, 6.45) is 1.20. The fourth-order valence-electron chi connectivity index (χ4n) is 3.43. The lowest BCUT2D eigenvalue weighted by molar-refractivity contribution is -0.131. The summed E-state index contributed by atoms with van der Waals surface area (Å²) < 4.78 is 5.28. The number of nitrogens with one attached hydrogen (secondary N) is 1. The lowest BCUT2D eigenvalue weighted by Crippen LogP contribution is -2.39. The van der Waals surface area contributed by atoms with Crippen LogP contribution in [0.15, 0.2) is 18.2 Å². The third kappa shape index (κ3) is 2.25. The summed E-state index contributed by atoms with van der Waals surface area (Å²) in [5.74, 6) is 1.20. The van der Waals surface area contributed by atoms with Gasteiger partial charge in [-0.1, -0.05) is 13.8 Å². The Kier molecular flexibility index (Phi) is 3.59. The third-order valence-electron chi connectivity index (χ3n) is 4.63. The van der Waals surface area contributed by atoms with Crippen LogP contribution in [0.3, 0.4) is 0 Å². The largest absolute Gasteiger partial charge is 0.497 e. The van der Waals surface area contributed by atoms with Gasteiger partial charge in [0.15, 0.2) is 0 Å². The minimum atomic E-state index is -0.615. The Bertz CT molecular complexity index is 626. The van der Waals surface area contributed by atoms with Crippen LogP contribution in [0.1, 0.15) is 32.3 Å². The summed E-state index contributed by atoms with van der Waals surface area (Å²) in [5.41, 5.74) is 1.18. The maximum atomic E-state index is 12.6. The highest BCUT2D eigenvalue weighted by molar-refractivity contribution is 6.07. The van der Waals surface area contributed by atoms with Gasteiger partial charge >= 0.3 is 0 Å². The van der Waals surface area contributed by atoms with Crippen molar-refractivity contribution in [1.82, 2.24) is 4.90 Å². The first-order valence-corrected chi connectivity index (χ1v) is 7.74. The zero-order valence-corrected chi connectivity index (χ0v) is 13.3. The average Bonchev–Trinajstić information content (AvgIpc) is 3.03. The molecule has 2 aliphatic rings. The van der Waals surface area contributed by atoms with Crippen LogP contribution in [-0.4, -0.2) is 36.9 Å². The second-order valence-electron chi connectivity index (χ2n) is 6.61. The van der Waals surface area contributed by atoms with E-state index >= 15 is 0 Å². The van der Waals surface area contributed by atoms with Crippen molar-refractivity contribution in [2.45, 2.75) is 32.1 Å². The van der Waals surface area contributed by atoms with E-state index in [-0.39, 0.29) is 11.8 Å². The number of amides is 2. The topological polar surface area (TPSA) is 58.6 Å². The van der Waals surface area contributed by atoms with E-state index in [0.29, 0.717) is 31.8 Å². The first kappa shape index (κ1) is 14.9. The lowest BCUT2D eigenvalue weighted by atomic mass is 9.81. The molecule has 1 atom stereocenters. The van der Waals surface area contributed by atoms with E-state index in [4.69, 9.17) is 4.74 Å². The van der Waals surface area contributed by atoms with E-state index in [0.717, 1.165) is 17.0 Å². The van der Waals surface area contributed by atoms with Gasteiger partial charge in [0.1, 0.15) is 5.75 Å². The highest BCUT2D eigenvalue weighted by Gasteiger charge is 2.52. The highest BCUT2D eigenvalue weighted by Crippen LogP contribution is 2.45. The summed E-state index contributed by atoms with van der Waals surface area (Å²) in [7, 11) is 1.62. The number of rotatable bonds is 3. The molecule has 3 rings (SSSR count). The first-order chi connectivity index (χ1) is 10.5. The van der Waals surface area contributed by atoms with Crippen LogP contribution in [0.4, 0.5) is 5.69 Å². The SMILES string of the molecule is COc1ccc2c(c1)C1(CCN(C(=O)CC(C)C)C1)C(=O)N2. The number of ether oxygens (including phenoxy) is 1. The molecule has 5 nitrogen and oxygen atoms in total. The molecule has 22 heavy (non-hydrogen) atoms. The molecule has 1 N–H and O–H groups in total. The molecule has 2 amide bonds. The molecule has 118 valence electrons. The molecule has 0 radical (unpaired) electrons. The number of carbonyl (C=O) groups is 2. The molecular formula is C17H22N2O3.